The molecule has 0 heterocycles. The van der Waals surface area contributed by atoms with Crippen LogP contribution in [0.15, 0.2) is 73.4 Å². The van der Waals surface area contributed by atoms with Gasteiger partial charge in [-0.15, -0.1) is 0 Å². The van der Waals surface area contributed by atoms with Gasteiger partial charge in [0.1, 0.15) is 6.10 Å². The fourth-order valence-electron chi connectivity index (χ4n) is 4.66. The number of hydrogen-bond donors (Lipinski definition) is 1. The van der Waals surface area contributed by atoms with Gasteiger partial charge < -0.3 is 14.6 Å². The molecule has 2 bridgehead atoms. The minimum absolute atomic E-state index is 0.0884. The molecule has 6 nitrogen and oxygen atoms in total. The molecule has 0 saturated heterocycles. The van der Waals surface area contributed by atoms with Crippen molar-refractivity contribution in [3.8, 4) is 0 Å². The molecule has 6 heteroatoms. The van der Waals surface area contributed by atoms with Gasteiger partial charge in [0.05, 0.1) is 7.11 Å². The van der Waals surface area contributed by atoms with E-state index in [0.29, 0.717) is 16.9 Å². The third kappa shape index (κ3) is 8.08. The summed E-state index contributed by atoms with van der Waals surface area (Å²) in [4.78, 5) is 32.3. The van der Waals surface area contributed by atoms with Crippen LogP contribution in [0.4, 0.5) is 0 Å². The second-order valence-electron chi connectivity index (χ2n) is 9.94. The molecule has 3 atom stereocenters. The van der Waals surface area contributed by atoms with Crippen LogP contribution in [0.3, 0.4) is 0 Å². The smallest absolute Gasteiger partial charge is 0.333 e. The Hall–Kier alpha value is -3.41. The number of fused-ring (bicyclic) bond motifs is 2. The van der Waals surface area contributed by atoms with Gasteiger partial charge in [0.2, 0.25) is 0 Å². The SMILES string of the molecule is C=C(C)C(=O)OC1CC2CCC1(C)C2(C)C.C=C(CC=CC(=O)O)C(=O)OC.C=Cc1ccccc1. The number of aliphatic carboxylic acids is 1. The molecular formula is C30H40O6. The Balaban J connectivity index is 0.000000287. The molecular weight excluding hydrogens is 456 g/mol. The summed E-state index contributed by atoms with van der Waals surface area (Å²) in [7, 11) is 1.24. The standard InChI is InChI=1S/C14H22O2.C8H10O4.C8H8/c1-9(2)12(15)16-11-8-10-6-7-14(11,5)13(10,3)4;1-6(8(11)12-2)4-3-5-7(9)10;1-2-8-6-4-3-5-7-8/h10-11H,1,6-8H2,2-5H3;3,5H,1,4H2,2H3,(H,9,10);2-7H,1H2. The average molecular weight is 497 g/mol. The molecule has 1 N–H and O–H groups in total. The van der Waals surface area contributed by atoms with Gasteiger partial charge in [-0.3, -0.25) is 0 Å². The summed E-state index contributed by atoms with van der Waals surface area (Å²) in [6.07, 6.45) is 7.89. The number of carbonyl (C=O) groups excluding carboxylic acids is 2. The lowest BCUT2D eigenvalue weighted by atomic mass is 9.70. The Morgan fingerprint density at radius 3 is 2.11 bits per heavy atom. The Bertz CT molecular complexity index is 988. The van der Waals surface area contributed by atoms with Crippen LogP contribution >= 0.6 is 0 Å². The van der Waals surface area contributed by atoms with E-state index in [9.17, 15) is 14.4 Å². The highest BCUT2D eigenvalue weighted by molar-refractivity contribution is 5.88. The molecule has 1 aromatic rings. The Labute approximate surface area is 215 Å². The number of methoxy groups -OCH3 is 1. The molecule has 2 fully saturated rings. The zero-order valence-electron chi connectivity index (χ0n) is 22.2. The minimum atomic E-state index is -1.05. The zero-order valence-corrected chi connectivity index (χ0v) is 22.2. The summed E-state index contributed by atoms with van der Waals surface area (Å²) in [5.74, 6) is -1.09. The normalized spacial score (nSPS) is 22.8. The number of carboxylic acid groups (broad SMARTS) is 1. The van der Waals surface area contributed by atoms with Crippen molar-refractivity contribution in [1.82, 2.24) is 0 Å². The lowest BCUT2D eigenvalue weighted by molar-refractivity contribution is -0.152. The van der Waals surface area contributed by atoms with E-state index >= 15 is 0 Å². The van der Waals surface area contributed by atoms with Gasteiger partial charge in [-0.25, -0.2) is 14.4 Å². The summed E-state index contributed by atoms with van der Waals surface area (Å²) < 4.78 is 9.96. The van der Waals surface area contributed by atoms with Crippen LogP contribution in [0.1, 0.15) is 58.9 Å². The summed E-state index contributed by atoms with van der Waals surface area (Å²) in [5.41, 5.74) is 2.36. The van der Waals surface area contributed by atoms with Crippen LogP contribution in [0.2, 0.25) is 0 Å². The lowest BCUT2D eigenvalue weighted by Crippen LogP contribution is -2.38. The maximum atomic E-state index is 11.6. The fourth-order valence-corrected chi connectivity index (χ4v) is 4.66. The van der Waals surface area contributed by atoms with Crippen molar-refractivity contribution in [2.24, 2.45) is 16.7 Å². The van der Waals surface area contributed by atoms with Crippen LogP contribution in [-0.4, -0.2) is 36.2 Å². The number of hydrogen-bond acceptors (Lipinski definition) is 5. The molecule has 2 saturated carbocycles. The molecule has 1 aromatic carbocycles. The number of rotatable bonds is 7. The second-order valence-corrected chi connectivity index (χ2v) is 9.94. The van der Waals surface area contributed by atoms with Gasteiger partial charge in [0.25, 0.3) is 0 Å². The Morgan fingerprint density at radius 2 is 1.72 bits per heavy atom. The molecule has 0 spiro atoms. The predicted octanol–water partition coefficient (Wildman–Crippen LogP) is 6.40. The molecule has 196 valence electrons. The molecule has 0 aliphatic heterocycles. The molecule has 2 aliphatic carbocycles. The summed E-state index contributed by atoms with van der Waals surface area (Å²) in [5, 5.41) is 8.19. The molecule has 3 unspecified atom stereocenters. The largest absolute Gasteiger partial charge is 0.478 e. The number of carbonyl (C=O) groups is 3. The number of esters is 2. The van der Waals surface area contributed by atoms with E-state index in [2.05, 4.69) is 45.2 Å². The summed E-state index contributed by atoms with van der Waals surface area (Å²) >= 11 is 0. The number of allylic oxidation sites excluding steroid dienone is 1. The molecule has 3 rings (SSSR count). The van der Waals surface area contributed by atoms with Crippen molar-refractivity contribution in [2.75, 3.05) is 7.11 Å². The first-order valence-electron chi connectivity index (χ1n) is 12.0. The van der Waals surface area contributed by atoms with E-state index in [0.717, 1.165) is 12.5 Å². The molecule has 0 amide bonds. The zero-order chi connectivity index (χ0) is 27.5. The van der Waals surface area contributed by atoms with Crippen molar-refractivity contribution >= 4 is 24.0 Å². The van der Waals surface area contributed by atoms with Crippen LogP contribution in [0.25, 0.3) is 6.08 Å². The van der Waals surface area contributed by atoms with E-state index in [1.54, 1.807) is 6.92 Å². The fraction of sp³-hybridized carbons (Fsp3) is 0.433. The highest BCUT2D eigenvalue weighted by Gasteiger charge is 2.62. The third-order valence-electron chi connectivity index (χ3n) is 7.45. The van der Waals surface area contributed by atoms with E-state index in [4.69, 9.17) is 9.84 Å². The molecule has 2 aliphatic rings. The highest BCUT2D eigenvalue weighted by atomic mass is 16.5. The number of ether oxygens (including phenoxy) is 2. The van der Waals surface area contributed by atoms with Gasteiger partial charge in [0.15, 0.2) is 0 Å². The predicted molar refractivity (Wildman–Crippen MR) is 143 cm³/mol. The van der Waals surface area contributed by atoms with Gasteiger partial charge in [-0.2, -0.15) is 0 Å². The maximum absolute atomic E-state index is 11.6. The summed E-state index contributed by atoms with van der Waals surface area (Å²) in [6.45, 7) is 19.3. The van der Waals surface area contributed by atoms with Crippen LogP contribution in [0, 0.1) is 16.7 Å². The molecule has 0 radical (unpaired) electrons. The highest BCUT2D eigenvalue weighted by Crippen LogP contribution is 2.66. The Kier molecular flexibility index (Phi) is 11.6. The topological polar surface area (TPSA) is 89.9 Å². The molecule has 0 aromatic heterocycles. The van der Waals surface area contributed by atoms with Crippen LogP contribution < -0.4 is 0 Å². The average Bonchev–Trinajstić information content (AvgIpc) is 3.18. The Morgan fingerprint density at radius 1 is 1.11 bits per heavy atom. The van der Waals surface area contributed by atoms with Crippen molar-refractivity contribution in [3.05, 3.63) is 78.9 Å². The number of benzene rings is 1. The maximum Gasteiger partial charge on any atom is 0.333 e. The molecule has 36 heavy (non-hydrogen) atoms. The minimum Gasteiger partial charge on any atom is -0.478 e. The van der Waals surface area contributed by atoms with E-state index < -0.39 is 11.9 Å². The van der Waals surface area contributed by atoms with E-state index in [-0.39, 0.29) is 29.5 Å². The van der Waals surface area contributed by atoms with Gasteiger partial charge in [-0.05, 0) is 49.5 Å². The monoisotopic (exact) mass is 496 g/mol. The lowest BCUT2D eigenvalue weighted by Gasteiger charge is -2.38. The number of carboxylic acids is 1. The van der Waals surface area contributed by atoms with Crippen molar-refractivity contribution in [3.63, 3.8) is 0 Å². The third-order valence-corrected chi connectivity index (χ3v) is 7.45. The van der Waals surface area contributed by atoms with Crippen LogP contribution in [-0.2, 0) is 23.9 Å². The first-order chi connectivity index (χ1) is 16.8. The van der Waals surface area contributed by atoms with Gasteiger partial charge in [0, 0.05) is 22.6 Å². The van der Waals surface area contributed by atoms with Gasteiger partial charge in [-0.1, -0.05) is 83.0 Å². The van der Waals surface area contributed by atoms with Crippen LogP contribution in [0.5, 0.6) is 0 Å². The van der Waals surface area contributed by atoms with Crippen molar-refractivity contribution in [1.29, 1.82) is 0 Å². The quantitative estimate of drug-likeness (QED) is 0.347. The second kappa shape index (κ2) is 13.6. The van der Waals surface area contributed by atoms with Crippen molar-refractivity contribution in [2.45, 2.75) is 59.5 Å². The van der Waals surface area contributed by atoms with E-state index in [1.165, 1.54) is 31.6 Å². The van der Waals surface area contributed by atoms with E-state index in [1.807, 2.05) is 36.4 Å². The first kappa shape index (κ1) is 30.6. The van der Waals surface area contributed by atoms with Crippen molar-refractivity contribution < 1.29 is 29.0 Å². The van der Waals surface area contributed by atoms with Gasteiger partial charge >= 0.3 is 17.9 Å². The summed E-state index contributed by atoms with van der Waals surface area (Å²) in [6, 6.07) is 10.0. The first-order valence-corrected chi connectivity index (χ1v) is 12.0.